The maximum absolute atomic E-state index is 15.1. The summed E-state index contributed by atoms with van der Waals surface area (Å²) in [5.74, 6) is 0.862. The van der Waals surface area contributed by atoms with E-state index in [1.165, 1.54) is 44.3 Å². The van der Waals surface area contributed by atoms with E-state index in [1.807, 2.05) is 16.8 Å². The van der Waals surface area contributed by atoms with E-state index in [9.17, 15) is 4.39 Å². The van der Waals surface area contributed by atoms with Gasteiger partial charge in [-0.25, -0.2) is 18.7 Å². The number of pyridine rings is 1. The lowest BCUT2D eigenvalue weighted by molar-refractivity contribution is 0.0400. The molecule has 1 N–H and O–H groups in total. The van der Waals surface area contributed by atoms with Gasteiger partial charge in [-0.05, 0) is 102 Å². The van der Waals surface area contributed by atoms with E-state index in [1.54, 1.807) is 19.1 Å². The van der Waals surface area contributed by atoms with Gasteiger partial charge in [0.05, 0.1) is 11.5 Å². The van der Waals surface area contributed by atoms with E-state index in [-0.39, 0.29) is 17.7 Å². The van der Waals surface area contributed by atoms with Crippen molar-refractivity contribution >= 4 is 30.7 Å². The standard InChI is InChI=1S/C32H42F2N8/c1-4-25(18-28-27(19-33)39-30-6-5-13-42(28)30)31(26(34)21-35-2)38-23-37-29-8-7-24(20-36-29)22-41-16-11-32(12-17-41)9-14-40(3)15-10-32/h4,7-8,18-21H,2,5-6,9-17,22-23H2,1,3H3,(H,36,37)/b25-4+,26-21+,27-19-,28-18+,38-31?. The van der Waals surface area contributed by atoms with Gasteiger partial charge in [-0.1, -0.05) is 12.1 Å². The van der Waals surface area contributed by atoms with Crippen molar-refractivity contribution in [1.82, 2.24) is 24.3 Å². The summed E-state index contributed by atoms with van der Waals surface area (Å²) in [6.07, 6.45) is 13.8. The molecule has 5 rings (SSSR count). The number of allylic oxidation sites excluding steroid dienone is 3. The van der Waals surface area contributed by atoms with Crippen LogP contribution in [0.3, 0.4) is 0 Å². The molecule has 3 aliphatic heterocycles. The summed E-state index contributed by atoms with van der Waals surface area (Å²) in [6.45, 7) is 11.6. The van der Waals surface area contributed by atoms with Crippen molar-refractivity contribution in [2.75, 3.05) is 45.2 Å². The van der Waals surface area contributed by atoms with Crippen molar-refractivity contribution in [2.24, 2.45) is 15.4 Å². The first-order valence-corrected chi connectivity index (χ1v) is 14.9. The second kappa shape index (κ2) is 13.6. The summed E-state index contributed by atoms with van der Waals surface area (Å²) < 4.78 is 30.7. The number of fused-ring (bicyclic) bond motifs is 1. The molecule has 2 fully saturated rings. The zero-order valence-corrected chi connectivity index (χ0v) is 24.8. The Balaban J connectivity index is 1.22. The summed E-state index contributed by atoms with van der Waals surface area (Å²) in [5.41, 5.74) is 2.32. The molecule has 5 heterocycles. The lowest BCUT2D eigenvalue weighted by Gasteiger charge is -2.46. The Labute approximate surface area is 247 Å². The molecule has 0 radical (unpaired) electrons. The molecule has 2 aromatic rings. The van der Waals surface area contributed by atoms with E-state index in [2.05, 4.69) is 54.9 Å². The van der Waals surface area contributed by atoms with Crippen LogP contribution in [0.25, 0.3) is 12.4 Å². The summed E-state index contributed by atoms with van der Waals surface area (Å²) in [5, 5.41) is 4.01. The minimum Gasteiger partial charge on any atom is -0.351 e. The van der Waals surface area contributed by atoms with Crippen molar-refractivity contribution in [3.63, 3.8) is 0 Å². The molecule has 2 aromatic heterocycles. The fourth-order valence-corrected chi connectivity index (χ4v) is 6.34. The van der Waals surface area contributed by atoms with Crippen molar-refractivity contribution in [3.8, 4) is 0 Å². The Morgan fingerprint density at radius 1 is 1.14 bits per heavy atom. The zero-order chi connectivity index (χ0) is 29.5. The van der Waals surface area contributed by atoms with Crippen LogP contribution >= 0.6 is 0 Å². The van der Waals surface area contributed by atoms with Gasteiger partial charge in [-0.15, -0.1) is 0 Å². The molecule has 224 valence electrons. The minimum atomic E-state index is -0.630. The van der Waals surface area contributed by atoms with Gasteiger partial charge in [-0.3, -0.25) is 14.9 Å². The number of halogens is 2. The van der Waals surface area contributed by atoms with Gasteiger partial charge in [0.2, 0.25) is 0 Å². The molecule has 3 aliphatic rings. The lowest BCUT2D eigenvalue weighted by Crippen LogP contribution is -2.45. The first kappa shape index (κ1) is 30.0. The van der Waals surface area contributed by atoms with Crippen LogP contribution in [-0.2, 0) is 19.5 Å². The Hall–Kier alpha value is -3.50. The third-order valence-electron chi connectivity index (χ3n) is 9.00. The van der Waals surface area contributed by atoms with Crippen LogP contribution in [0.4, 0.5) is 14.6 Å². The molecule has 8 nitrogen and oxygen atoms in total. The Morgan fingerprint density at radius 2 is 1.90 bits per heavy atom. The van der Waals surface area contributed by atoms with Gasteiger partial charge in [0.25, 0.3) is 0 Å². The predicted molar refractivity (Wildman–Crippen MR) is 166 cm³/mol. The number of hydrogen-bond acceptors (Lipinski definition) is 7. The fourth-order valence-electron chi connectivity index (χ4n) is 6.34. The molecule has 2 saturated heterocycles. The number of imidazole rings is 1. The van der Waals surface area contributed by atoms with Crippen molar-refractivity contribution < 1.29 is 8.78 Å². The van der Waals surface area contributed by atoms with Gasteiger partial charge < -0.3 is 14.8 Å². The first-order chi connectivity index (χ1) is 20.4. The van der Waals surface area contributed by atoms with Gasteiger partial charge in [0.1, 0.15) is 35.7 Å². The number of piperidine rings is 2. The number of aromatic nitrogens is 3. The van der Waals surface area contributed by atoms with Crippen LogP contribution < -0.4 is 16.0 Å². The number of anilines is 1. The molecule has 0 amide bonds. The van der Waals surface area contributed by atoms with Crippen LogP contribution in [0.5, 0.6) is 0 Å². The van der Waals surface area contributed by atoms with Gasteiger partial charge in [0.15, 0.2) is 5.83 Å². The number of rotatable bonds is 9. The largest absolute Gasteiger partial charge is 0.351 e. The quantitative estimate of drug-likeness (QED) is 0.457. The highest BCUT2D eigenvalue weighted by Crippen LogP contribution is 2.41. The highest BCUT2D eigenvalue weighted by atomic mass is 19.1. The summed E-state index contributed by atoms with van der Waals surface area (Å²) >= 11 is 0. The summed E-state index contributed by atoms with van der Waals surface area (Å²) in [6, 6.07) is 4.02. The van der Waals surface area contributed by atoms with Crippen molar-refractivity contribution in [1.29, 1.82) is 0 Å². The SMILES string of the molecule is C=N/C=C(/F)C(=NCNc1ccc(CN2CCC3(CCN(C)CC3)CC2)cn1)C(=C/C)/C=c1\c(=C\F)nc2n1CCC2. The Kier molecular flexibility index (Phi) is 9.74. The molecule has 42 heavy (non-hydrogen) atoms. The minimum absolute atomic E-state index is 0.0971. The Morgan fingerprint density at radius 3 is 2.57 bits per heavy atom. The Bertz CT molecular complexity index is 1450. The zero-order valence-electron chi connectivity index (χ0n) is 24.8. The maximum atomic E-state index is 15.1. The number of likely N-dealkylation sites (tertiary alicyclic amines) is 2. The van der Waals surface area contributed by atoms with Crippen molar-refractivity contribution in [3.05, 3.63) is 64.1 Å². The molecule has 0 saturated carbocycles. The van der Waals surface area contributed by atoms with Gasteiger partial charge in [0, 0.05) is 31.3 Å². The average Bonchev–Trinajstić information content (AvgIpc) is 3.60. The highest BCUT2D eigenvalue weighted by molar-refractivity contribution is 6.16. The van der Waals surface area contributed by atoms with E-state index in [0.717, 1.165) is 51.0 Å². The maximum Gasteiger partial charge on any atom is 0.167 e. The number of aryl methyl sites for hydroxylation is 1. The normalized spacial score (nSPS) is 21.3. The van der Waals surface area contributed by atoms with Crippen LogP contribution in [0.15, 0.2) is 52.0 Å². The van der Waals surface area contributed by atoms with E-state index in [0.29, 0.717) is 28.5 Å². The van der Waals surface area contributed by atoms with Crippen molar-refractivity contribution in [2.45, 2.75) is 58.5 Å². The number of nitrogens with one attached hydrogen (secondary N) is 1. The molecule has 0 unspecified atom stereocenters. The first-order valence-electron chi connectivity index (χ1n) is 14.9. The van der Waals surface area contributed by atoms with Gasteiger partial charge >= 0.3 is 0 Å². The van der Waals surface area contributed by atoms with E-state index >= 15 is 4.39 Å². The average molecular weight is 577 g/mol. The van der Waals surface area contributed by atoms with Gasteiger partial charge in [-0.2, -0.15) is 0 Å². The number of hydrogen-bond donors (Lipinski definition) is 1. The van der Waals surface area contributed by atoms with Crippen LogP contribution in [0, 0.1) is 5.41 Å². The highest BCUT2D eigenvalue weighted by Gasteiger charge is 2.36. The fraction of sp³-hybridized carbons (Fsp3) is 0.500. The van der Waals surface area contributed by atoms with Crippen LogP contribution in [-0.4, -0.2) is 76.7 Å². The number of aliphatic imine (C=N–C) groups is 2. The molecule has 0 aliphatic carbocycles. The summed E-state index contributed by atoms with van der Waals surface area (Å²) in [7, 11) is 2.23. The van der Waals surface area contributed by atoms with E-state index in [4.69, 9.17) is 0 Å². The predicted octanol–water partition coefficient (Wildman–Crippen LogP) is 3.99. The topological polar surface area (TPSA) is 73.9 Å². The number of nitrogens with zero attached hydrogens (tertiary/aromatic N) is 7. The molecular formula is C32H42F2N8. The van der Waals surface area contributed by atoms with Crippen LogP contribution in [0.1, 0.15) is 50.4 Å². The second-order valence-electron chi connectivity index (χ2n) is 11.7. The molecule has 0 atom stereocenters. The molecule has 0 bridgehead atoms. The van der Waals surface area contributed by atoms with Crippen LogP contribution in [0.2, 0.25) is 0 Å². The third-order valence-corrected chi connectivity index (χ3v) is 9.00. The molecule has 1 spiro atoms. The lowest BCUT2D eigenvalue weighted by atomic mass is 9.71. The second-order valence-corrected chi connectivity index (χ2v) is 11.7. The molecular weight excluding hydrogens is 534 g/mol. The van der Waals surface area contributed by atoms with E-state index < -0.39 is 5.83 Å². The summed E-state index contributed by atoms with van der Waals surface area (Å²) in [4.78, 5) is 22.0. The smallest absolute Gasteiger partial charge is 0.167 e. The molecule has 0 aromatic carbocycles. The third kappa shape index (κ3) is 6.93. The monoisotopic (exact) mass is 576 g/mol. The molecule has 10 heteroatoms.